The lowest BCUT2D eigenvalue weighted by Gasteiger charge is -2.26. The number of amides is 1. The maximum atomic E-state index is 13.5. The summed E-state index contributed by atoms with van der Waals surface area (Å²) >= 11 is 0. The minimum Gasteiger partial charge on any atom is -0.379 e. The molecule has 2 aromatic rings. The highest BCUT2D eigenvalue weighted by Crippen LogP contribution is 2.37. The Balaban J connectivity index is 1.78. The summed E-state index contributed by atoms with van der Waals surface area (Å²) in [5, 5.41) is 2.42. The third-order valence-electron chi connectivity index (χ3n) is 4.77. The Bertz CT molecular complexity index is 862. The van der Waals surface area contributed by atoms with Crippen molar-refractivity contribution in [3.63, 3.8) is 0 Å². The molecule has 29 heavy (non-hydrogen) atoms. The Morgan fingerprint density at radius 1 is 1.14 bits per heavy atom. The summed E-state index contributed by atoms with van der Waals surface area (Å²) in [6.45, 7) is 3.62. The van der Waals surface area contributed by atoms with Crippen molar-refractivity contribution in [1.82, 2.24) is 4.90 Å². The number of halogens is 3. The molecular weight excluding hydrogens is 383 g/mol. The Morgan fingerprint density at radius 2 is 1.86 bits per heavy atom. The molecule has 0 radical (unpaired) electrons. The van der Waals surface area contributed by atoms with E-state index in [4.69, 9.17) is 4.74 Å². The largest absolute Gasteiger partial charge is 0.418 e. The number of morpholine rings is 1. The first-order valence-electron chi connectivity index (χ1n) is 9.33. The van der Waals surface area contributed by atoms with E-state index in [1.54, 1.807) is 43.3 Å². The van der Waals surface area contributed by atoms with Crippen molar-refractivity contribution in [2.45, 2.75) is 12.7 Å². The second-order valence-electron chi connectivity index (χ2n) is 7.17. The second-order valence-corrected chi connectivity index (χ2v) is 7.17. The highest BCUT2D eigenvalue weighted by Gasteiger charge is 2.34. The molecule has 1 N–H and O–H groups in total. The molecule has 0 spiro atoms. The predicted octanol–water partition coefficient (Wildman–Crippen LogP) is 3.86. The molecule has 2 aromatic carbocycles. The van der Waals surface area contributed by atoms with E-state index in [0.29, 0.717) is 31.0 Å². The van der Waals surface area contributed by atoms with Gasteiger partial charge >= 0.3 is 6.18 Å². The fraction of sp³-hybridized carbons (Fsp3) is 0.381. The van der Waals surface area contributed by atoms with Crippen LogP contribution in [0, 0.1) is 0 Å². The average molecular weight is 407 g/mol. The fourth-order valence-corrected chi connectivity index (χ4v) is 3.18. The van der Waals surface area contributed by atoms with E-state index in [1.807, 2.05) is 6.07 Å². The standard InChI is InChI=1S/C21H24F3N3O2/c1-26(2)17-6-7-19(18(13-17)21(22,23)24)25-20(28)16-5-3-4-15(12-16)14-27-8-10-29-11-9-27/h3-7,12-13H,8-11,14H2,1-2H3,(H,25,28). The van der Waals surface area contributed by atoms with Crippen molar-refractivity contribution in [3.8, 4) is 0 Å². The SMILES string of the molecule is CN(C)c1ccc(NC(=O)c2cccc(CN3CCOCC3)c2)c(C(F)(F)F)c1. The maximum absolute atomic E-state index is 13.5. The first kappa shape index (κ1) is 21.1. The van der Waals surface area contributed by atoms with Crippen LogP contribution in [-0.4, -0.2) is 51.2 Å². The van der Waals surface area contributed by atoms with Crippen LogP contribution in [0.5, 0.6) is 0 Å². The van der Waals surface area contributed by atoms with Gasteiger partial charge < -0.3 is 15.0 Å². The Hall–Kier alpha value is -2.58. The van der Waals surface area contributed by atoms with Gasteiger partial charge in [0.15, 0.2) is 0 Å². The number of nitrogens with zero attached hydrogens (tertiary/aromatic N) is 2. The predicted molar refractivity (Wildman–Crippen MR) is 106 cm³/mol. The van der Waals surface area contributed by atoms with Gasteiger partial charge in [0, 0.05) is 45.0 Å². The van der Waals surface area contributed by atoms with Crippen LogP contribution in [0.2, 0.25) is 0 Å². The highest BCUT2D eigenvalue weighted by atomic mass is 19.4. The number of benzene rings is 2. The number of carbonyl (C=O) groups excluding carboxylic acids is 1. The zero-order chi connectivity index (χ0) is 21.0. The quantitative estimate of drug-likeness (QED) is 0.818. The molecule has 1 aliphatic rings. The number of nitrogens with one attached hydrogen (secondary N) is 1. The Morgan fingerprint density at radius 3 is 2.52 bits per heavy atom. The molecule has 0 unspecified atom stereocenters. The number of rotatable bonds is 5. The van der Waals surface area contributed by atoms with Crippen molar-refractivity contribution in [1.29, 1.82) is 0 Å². The summed E-state index contributed by atoms with van der Waals surface area (Å²) in [7, 11) is 3.32. The molecule has 0 aliphatic carbocycles. The van der Waals surface area contributed by atoms with Gasteiger partial charge in [-0.05, 0) is 35.9 Å². The molecule has 1 heterocycles. The Kier molecular flexibility index (Phi) is 6.44. The van der Waals surface area contributed by atoms with E-state index in [-0.39, 0.29) is 5.69 Å². The van der Waals surface area contributed by atoms with E-state index < -0.39 is 17.6 Å². The molecule has 3 rings (SSSR count). The monoisotopic (exact) mass is 407 g/mol. The van der Waals surface area contributed by atoms with Crippen molar-refractivity contribution < 1.29 is 22.7 Å². The molecule has 0 bridgehead atoms. The lowest BCUT2D eigenvalue weighted by Crippen LogP contribution is -2.35. The summed E-state index contributed by atoms with van der Waals surface area (Å²) in [5.74, 6) is -0.572. The Labute approximate surface area is 168 Å². The summed E-state index contributed by atoms with van der Waals surface area (Å²) < 4.78 is 45.8. The number of hydrogen-bond donors (Lipinski definition) is 1. The zero-order valence-corrected chi connectivity index (χ0v) is 16.4. The lowest BCUT2D eigenvalue weighted by molar-refractivity contribution is -0.136. The number of hydrogen-bond acceptors (Lipinski definition) is 4. The second kappa shape index (κ2) is 8.84. The van der Waals surface area contributed by atoms with Crippen LogP contribution in [-0.2, 0) is 17.5 Å². The van der Waals surface area contributed by atoms with E-state index in [0.717, 1.165) is 24.7 Å². The number of alkyl halides is 3. The summed E-state index contributed by atoms with van der Waals surface area (Å²) in [4.78, 5) is 16.4. The van der Waals surface area contributed by atoms with Gasteiger partial charge in [-0.2, -0.15) is 13.2 Å². The van der Waals surface area contributed by atoms with Gasteiger partial charge in [0.1, 0.15) is 0 Å². The molecule has 1 fully saturated rings. The van der Waals surface area contributed by atoms with E-state index >= 15 is 0 Å². The van der Waals surface area contributed by atoms with Crippen LogP contribution in [0.1, 0.15) is 21.5 Å². The minimum atomic E-state index is -4.58. The van der Waals surface area contributed by atoms with Crippen LogP contribution >= 0.6 is 0 Å². The molecule has 5 nitrogen and oxygen atoms in total. The summed E-state index contributed by atoms with van der Waals surface area (Å²) in [5.41, 5.74) is 0.523. The minimum absolute atomic E-state index is 0.258. The van der Waals surface area contributed by atoms with Gasteiger partial charge in [-0.25, -0.2) is 0 Å². The molecule has 8 heteroatoms. The van der Waals surface area contributed by atoms with Crippen LogP contribution in [0.25, 0.3) is 0 Å². The van der Waals surface area contributed by atoms with Gasteiger partial charge in [0.25, 0.3) is 5.91 Å². The molecule has 1 amide bonds. The molecule has 1 aliphatic heterocycles. The van der Waals surface area contributed by atoms with Gasteiger partial charge in [0.05, 0.1) is 24.5 Å². The van der Waals surface area contributed by atoms with E-state index in [1.165, 1.54) is 6.07 Å². The lowest BCUT2D eigenvalue weighted by atomic mass is 10.1. The third-order valence-corrected chi connectivity index (χ3v) is 4.77. The first-order chi connectivity index (χ1) is 13.7. The molecular formula is C21H24F3N3O2. The van der Waals surface area contributed by atoms with Gasteiger partial charge in [-0.3, -0.25) is 9.69 Å². The first-order valence-corrected chi connectivity index (χ1v) is 9.33. The van der Waals surface area contributed by atoms with Crippen molar-refractivity contribution >= 4 is 17.3 Å². The number of ether oxygens (including phenoxy) is 1. The van der Waals surface area contributed by atoms with Crippen LogP contribution in [0.3, 0.4) is 0 Å². The number of carbonyl (C=O) groups is 1. The van der Waals surface area contributed by atoms with Gasteiger partial charge in [-0.15, -0.1) is 0 Å². The van der Waals surface area contributed by atoms with Crippen LogP contribution in [0.4, 0.5) is 24.5 Å². The van der Waals surface area contributed by atoms with Crippen molar-refractivity contribution in [3.05, 3.63) is 59.2 Å². The normalized spacial score (nSPS) is 15.2. The molecule has 156 valence electrons. The molecule has 0 saturated carbocycles. The van der Waals surface area contributed by atoms with Crippen molar-refractivity contribution in [2.75, 3.05) is 50.6 Å². The number of anilines is 2. The van der Waals surface area contributed by atoms with Crippen LogP contribution in [0.15, 0.2) is 42.5 Å². The maximum Gasteiger partial charge on any atom is 0.418 e. The van der Waals surface area contributed by atoms with E-state index in [9.17, 15) is 18.0 Å². The van der Waals surface area contributed by atoms with E-state index in [2.05, 4.69) is 10.2 Å². The van der Waals surface area contributed by atoms with Gasteiger partial charge in [0.2, 0.25) is 0 Å². The van der Waals surface area contributed by atoms with Gasteiger partial charge in [-0.1, -0.05) is 12.1 Å². The fourth-order valence-electron chi connectivity index (χ4n) is 3.18. The highest BCUT2D eigenvalue weighted by molar-refractivity contribution is 6.04. The topological polar surface area (TPSA) is 44.8 Å². The van der Waals surface area contributed by atoms with Crippen molar-refractivity contribution in [2.24, 2.45) is 0 Å². The average Bonchev–Trinajstić information content (AvgIpc) is 2.68. The smallest absolute Gasteiger partial charge is 0.379 e. The zero-order valence-electron chi connectivity index (χ0n) is 16.4. The molecule has 1 saturated heterocycles. The summed E-state index contributed by atoms with van der Waals surface area (Å²) in [6.07, 6.45) is -4.58. The molecule has 0 aromatic heterocycles. The van der Waals surface area contributed by atoms with Crippen LogP contribution < -0.4 is 10.2 Å². The summed E-state index contributed by atoms with van der Waals surface area (Å²) in [6, 6.07) is 10.8. The third kappa shape index (κ3) is 5.48. The molecule has 0 atom stereocenters.